The van der Waals surface area contributed by atoms with Gasteiger partial charge < -0.3 is 14.2 Å². The number of benzene rings is 2. The molecule has 0 heterocycles. The molecule has 50 heavy (non-hydrogen) atoms. The Morgan fingerprint density at radius 1 is 0.780 bits per heavy atom. The summed E-state index contributed by atoms with van der Waals surface area (Å²) in [7, 11) is 0. The lowest BCUT2D eigenvalue weighted by Crippen LogP contribution is -2.63. The third-order valence-electron chi connectivity index (χ3n) is 13.4. The quantitative estimate of drug-likeness (QED) is 0.199. The van der Waals surface area contributed by atoms with Gasteiger partial charge in [-0.1, -0.05) is 74.3 Å². The summed E-state index contributed by atoms with van der Waals surface area (Å²) in [5, 5.41) is 1.39. The van der Waals surface area contributed by atoms with Crippen LogP contribution in [0.1, 0.15) is 104 Å². The van der Waals surface area contributed by atoms with E-state index < -0.39 is 0 Å². The Kier molecular flexibility index (Phi) is 10.8. The van der Waals surface area contributed by atoms with E-state index in [4.69, 9.17) is 37.4 Å². The Balaban J connectivity index is 1.33. The number of halogens is 2. The number of ether oxygens (including phenoxy) is 3. The minimum absolute atomic E-state index is 0.0316. The smallest absolute Gasteiger partial charge is 0.302 e. The predicted octanol–water partition coefficient (Wildman–Crippen LogP) is 10.1. The Bertz CT molecular complexity index is 1560. The van der Waals surface area contributed by atoms with Crippen molar-refractivity contribution in [1.82, 2.24) is 0 Å². The van der Waals surface area contributed by atoms with Gasteiger partial charge in [-0.3, -0.25) is 14.4 Å². The molecule has 270 valence electrons. The number of carbonyl (C=O) groups is 3. The fourth-order valence-corrected chi connectivity index (χ4v) is 11.5. The van der Waals surface area contributed by atoms with Crippen molar-refractivity contribution in [3.63, 3.8) is 0 Å². The fourth-order valence-electron chi connectivity index (χ4n) is 11.2. The third kappa shape index (κ3) is 7.13. The molecular formula is C42H52Cl2O6. The second-order valence-corrected chi connectivity index (χ2v) is 17.0. The van der Waals surface area contributed by atoms with Crippen molar-refractivity contribution in [1.29, 1.82) is 0 Å². The van der Waals surface area contributed by atoms with Gasteiger partial charge in [-0.15, -0.1) is 0 Å². The van der Waals surface area contributed by atoms with Gasteiger partial charge in [0.25, 0.3) is 0 Å². The Morgan fingerprint density at radius 3 is 1.92 bits per heavy atom. The zero-order valence-electron chi connectivity index (χ0n) is 30.3. The summed E-state index contributed by atoms with van der Waals surface area (Å²) >= 11 is 12.5. The van der Waals surface area contributed by atoms with Gasteiger partial charge in [0.05, 0.1) is 0 Å². The fraction of sp³-hybridized carbons (Fsp3) is 0.595. The Morgan fingerprint density at radius 2 is 1.36 bits per heavy atom. The van der Waals surface area contributed by atoms with Crippen LogP contribution in [-0.2, 0) is 28.6 Å². The largest absolute Gasteiger partial charge is 0.463 e. The van der Waals surface area contributed by atoms with Crippen LogP contribution >= 0.6 is 23.2 Å². The number of carbonyl (C=O) groups excluding carboxylic acids is 3. The first kappa shape index (κ1) is 36.9. The van der Waals surface area contributed by atoms with Gasteiger partial charge in [-0.2, -0.15) is 0 Å². The first-order chi connectivity index (χ1) is 23.7. The van der Waals surface area contributed by atoms with Gasteiger partial charge in [0.2, 0.25) is 0 Å². The molecule has 0 bridgehead atoms. The molecule has 0 saturated heterocycles. The molecule has 2 aromatic carbocycles. The predicted molar refractivity (Wildman–Crippen MR) is 196 cm³/mol. The van der Waals surface area contributed by atoms with Crippen molar-refractivity contribution in [2.45, 2.75) is 111 Å². The average molecular weight is 724 g/mol. The topological polar surface area (TPSA) is 78.9 Å². The Labute approximate surface area is 307 Å². The van der Waals surface area contributed by atoms with E-state index in [-0.39, 0.29) is 70.7 Å². The summed E-state index contributed by atoms with van der Waals surface area (Å²) in [5.74, 6) is 0.736. The zero-order chi connectivity index (χ0) is 36.0. The summed E-state index contributed by atoms with van der Waals surface area (Å²) in [6.45, 7) is 11.6. The van der Waals surface area contributed by atoms with Crippen LogP contribution in [0, 0.1) is 46.3 Å². The maximum atomic E-state index is 12.8. The maximum absolute atomic E-state index is 12.8. The number of fused-ring (bicyclic) bond motifs is 5. The molecular weight excluding hydrogens is 671 g/mol. The summed E-state index contributed by atoms with van der Waals surface area (Å²) < 4.78 is 18.3. The number of rotatable bonds is 8. The van der Waals surface area contributed by atoms with Crippen molar-refractivity contribution >= 4 is 46.7 Å². The van der Waals surface area contributed by atoms with Crippen molar-refractivity contribution in [2.24, 2.45) is 46.3 Å². The first-order valence-electron chi connectivity index (χ1n) is 18.4. The lowest BCUT2D eigenvalue weighted by Gasteiger charge is -2.64. The van der Waals surface area contributed by atoms with Crippen LogP contribution in [0.2, 0.25) is 10.0 Å². The molecule has 2 aromatic rings. The van der Waals surface area contributed by atoms with Gasteiger partial charge in [-0.05, 0) is 127 Å². The number of hydrogen-bond donors (Lipinski definition) is 0. The molecule has 0 radical (unpaired) electrons. The average Bonchev–Trinajstić information content (AvgIpc) is 3.41. The highest BCUT2D eigenvalue weighted by atomic mass is 35.5. The number of allylic oxidation sites excluding steroid dienone is 1. The molecule has 0 spiro atoms. The van der Waals surface area contributed by atoms with E-state index in [1.165, 1.54) is 20.8 Å². The van der Waals surface area contributed by atoms with Crippen LogP contribution in [0.25, 0.3) is 5.57 Å². The molecule has 6 rings (SSSR count). The molecule has 8 unspecified atom stereocenters. The molecule has 4 aliphatic rings. The highest BCUT2D eigenvalue weighted by Crippen LogP contribution is 2.69. The first-order valence-corrected chi connectivity index (χ1v) is 19.2. The second-order valence-electron chi connectivity index (χ2n) is 16.1. The highest BCUT2D eigenvalue weighted by molar-refractivity contribution is 6.31. The van der Waals surface area contributed by atoms with E-state index in [0.29, 0.717) is 21.9 Å². The van der Waals surface area contributed by atoms with Gasteiger partial charge in [0, 0.05) is 42.1 Å². The van der Waals surface area contributed by atoms with E-state index >= 15 is 0 Å². The van der Waals surface area contributed by atoms with E-state index in [2.05, 4.69) is 51.1 Å². The minimum Gasteiger partial charge on any atom is -0.463 e. The van der Waals surface area contributed by atoms with Gasteiger partial charge in [0.15, 0.2) is 0 Å². The van der Waals surface area contributed by atoms with E-state index in [1.807, 2.05) is 24.3 Å². The molecule has 4 fully saturated rings. The van der Waals surface area contributed by atoms with Crippen LogP contribution in [0.15, 0.2) is 54.6 Å². The Hall–Kier alpha value is -2.83. The molecule has 8 heteroatoms. The molecule has 0 N–H and O–H groups in total. The third-order valence-corrected chi connectivity index (χ3v) is 13.9. The minimum atomic E-state index is -0.280. The lowest BCUT2D eigenvalue weighted by molar-refractivity contribution is -0.224. The standard InChI is InChI=1S/C42H52Cl2O6/c1-24(7-16-34(28-8-12-31(43)13-9-28)29-10-14-32(44)15-11-29)35-17-18-36-40-37(23-39(42(35,36)6)50-27(4)47)41(5)20-19-33(48-25(2)45)21-30(41)22-38(40)49-26(3)46/h8-16,24,30,33,35-40H,7,17-23H2,1-6H3/t24?,30?,33?,35?,36?,37?,38?,39?,40-,41-,42+/m0/s1. The molecule has 0 aromatic heterocycles. The van der Waals surface area contributed by atoms with E-state index in [1.54, 1.807) is 0 Å². The summed E-state index contributed by atoms with van der Waals surface area (Å²) in [5.41, 5.74) is 3.01. The van der Waals surface area contributed by atoms with Crippen LogP contribution in [0.3, 0.4) is 0 Å². The van der Waals surface area contributed by atoms with Crippen molar-refractivity contribution < 1.29 is 28.6 Å². The SMILES string of the molecule is CC(=O)OC1CC[C@@]2(C)C(C1)CC(OC(C)=O)[C@@H]1C2CC(OC(C)=O)[C@]2(C)C(C(C)CC=C(c3ccc(Cl)cc3)c3ccc(Cl)cc3)CCC12. The summed E-state index contributed by atoms with van der Waals surface area (Å²) in [6, 6.07) is 15.9. The molecule has 4 aliphatic carbocycles. The van der Waals surface area contributed by atoms with Crippen molar-refractivity contribution in [2.75, 3.05) is 0 Å². The lowest BCUT2D eigenvalue weighted by atomic mass is 9.43. The summed E-state index contributed by atoms with van der Waals surface area (Å²) in [6.07, 6.45) is 8.69. The maximum Gasteiger partial charge on any atom is 0.302 e. The zero-order valence-corrected chi connectivity index (χ0v) is 31.8. The molecule has 6 nitrogen and oxygen atoms in total. The molecule has 4 saturated carbocycles. The molecule has 11 atom stereocenters. The monoisotopic (exact) mass is 722 g/mol. The van der Waals surface area contributed by atoms with Crippen molar-refractivity contribution in [3.05, 3.63) is 75.8 Å². The van der Waals surface area contributed by atoms with Gasteiger partial charge in [0.1, 0.15) is 18.3 Å². The van der Waals surface area contributed by atoms with E-state index in [0.717, 1.165) is 68.1 Å². The van der Waals surface area contributed by atoms with Gasteiger partial charge in [-0.25, -0.2) is 0 Å². The number of hydrogen-bond acceptors (Lipinski definition) is 6. The van der Waals surface area contributed by atoms with Gasteiger partial charge >= 0.3 is 17.9 Å². The normalized spacial score (nSPS) is 35.0. The van der Waals surface area contributed by atoms with Crippen LogP contribution < -0.4 is 0 Å². The molecule has 0 amide bonds. The number of esters is 3. The van der Waals surface area contributed by atoms with Crippen LogP contribution in [0.5, 0.6) is 0 Å². The van der Waals surface area contributed by atoms with Crippen LogP contribution in [-0.4, -0.2) is 36.2 Å². The second kappa shape index (κ2) is 14.7. The molecule has 0 aliphatic heterocycles. The van der Waals surface area contributed by atoms with Crippen molar-refractivity contribution in [3.8, 4) is 0 Å². The van der Waals surface area contributed by atoms with Crippen LogP contribution in [0.4, 0.5) is 0 Å². The summed E-state index contributed by atoms with van der Waals surface area (Å²) in [4.78, 5) is 37.3. The van der Waals surface area contributed by atoms with E-state index in [9.17, 15) is 14.4 Å². The highest BCUT2D eigenvalue weighted by Gasteiger charge is 2.67.